The van der Waals surface area contributed by atoms with Crippen LogP contribution in [0.2, 0.25) is 0 Å². The Morgan fingerprint density at radius 3 is 3.00 bits per heavy atom. The molecule has 1 amide bonds. The molecule has 2 unspecified atom stereocenters. The summed E-state index contributed by atoms with van der Waals surface area (Å²) in [6.07, 6.45) is 2.72. The van der Waals surface area contributed by atoms with Crippen molar-refractivity contribution in [3.8, 4) is 0 Å². The lowest BCUT2D eigenvalue weighted by molar-refractivity contribution is -0.140. The molecular weight excluding hydrogens is 214 g/mol. The second-order valence-corrected chi connectivity index (χ2v) is 5.22. The van der Waals surface area contributed by atoms with Crippen LogP contribution in [-0.4, -0.2) is 42.5 Å². The molecule has 2 atom stereocenters. The highest BCUT2D eigenvalue weighted by Gasteiger charge is 2.38. The zero-order chi connectivity index (χ0) is 10.9. The van der Waals surface area contributed by atoms with Crippen molar-refractivity contribution in [2.75, 3.05) is 25.6 Å². The number of likely N-dealkylation sites (tertiary alicyclic amines) is 1. The van der Waals surface area contributed by atoms with Crippen LogP contribution in [0.1, 0.15) is 26.2 Å². The Morgan fingerprint density at radius 2 is 2.47 bits per heavy atom. The molecule has 0 radical (unpaired) electrons. The number of hydrogen-bond donors (Lipinski definition) is 0. The first-order valence-electron chi connectivity index (χ1n) is 5.61. The average molecular weight is 232 g/mol. The molecule has 2 fully saturated rings. The van der Waals surface area contributed by atoms with E-state index in [4.69, 9.17) is 16.3 Å². The molecule has 15 heavy (non-hydrogen) atoms. The third-order valence-electron chi connectivity index (χ3n) is 3.40. The van der Waals surface area contributed by atoms with Crippen molar-refractivity contribution in [2.45, 2.75) is 32.3 Å². The number of nitrogens with zero attached hydrogens (tertiary/aromatic N) is 1. The van der Waals surface area contributed by atoms with Gasteiger partial charge in [-0.3, -0.25) is 4.79 Å². The first kappa shape index (κ1) is 11.2. The number of ether oxygens (including phenoxy) is 1. The molecule has 2 aliphatic heterocycles. The molecule has 3 nitrogen and oxygen atoms in total. The molecule has 0 saturated carbocycles. The van der Waals surface area contributed by atoms with Gasteiger partial charge < -0.3 is 9.64 Å². The van der Waals surface area contributed by atoms with Crippen LogP contribution in [0.15, 0.2) is 0 Å². The van der Waals surface area contributed by atoms with Gasteiger partial charge in [0.05, 0.1) is 0 Å². The third-order valence-corrected chi connectivity index (χ3v) is 4.04. The van der Waals surface area contributed by atoms with E-state index in [0.717, 1.165) is 39.0 Å². The molecule has 0 spiro atoms. The quantitative estimate of drug-likeness (QED) is 0.677. The first-order valence-corrected chi connectivity index (χ1v) is 6.14. The molecule has 2 rings (SSSR count). The fraction of sp³-hybridized carbons (Fsp3) is 0.909. The zero-order valence-electron chi connectivity index (χ0n) is 9.17. The standard InChI is InChI=1S/C11H18ClNO2/c1-11(7-12)4-5-13(8-11)10(14)9-3-2-6-15-9/h9H,2-8H2,1H3. The van der Waals surface area contributed by atoms with Crippen LogP contribution < -0.4 is 0 Å². The van der Waals surface area contributed by atoms with Crippen LogP contribution in [0.4, 0.5) is 0 Å². The van der Waals surface area contributed by atoms with Gasteiger partial charge in [-0.25, -0.2) is 0 Å². The second-order valence-electron chi connectivity index (χ2n) is 4.96. The predicted octanol–water partition coefficient (Wildman–Crippen LogP) is 1.64. The maximum atomic E-state index is 12.0. The van der Waals surface area contributed by atoms with Gasteiger partial charge in [0.2, 0.25) is 0 Å². The molecule has 2 saturated heterocycles. The molecule has 0 N–H and O–H groups in total. The second kappa shape index (κ2) is 4.30. The fourth-order valence-electron chi connectivity index (χ4n) is 2.30. The van der Waals surface area contributed by atoms with Gasteiger partial charge in [-0.2, -0.15) is 0 Å². The highest BCUT2D eigenvalue weighted by Crippen LogP contribution is 2.32. The summed E-state index contributed by atoms with van der Waals surface area (Å²) >= 11 is 5.91. The molecule has 0 aliphatic carbocycles. The number of carbonyl (C=O) groups is 1. The van der Waals surface area contributed by atoms with E-state index in [1.165, 1.54) is 0 Å². The van der Waals surface area contributed by atoms with E-state index in [-0.39, 0.29) is 17.4 Å². The lowest BCUT2D eigenvalue weighted by Crippen LogP contribution is -2.38. The third kappa shape index (κ3) is 2.28. The van der Waals surface area contributed by atoms with Crippen molar-refractivity contribution in [1.29, 1.82) is 0 Å². The monoisotopic (exact) mass is 231 g/mol. The van der Waals surface area contributed by atoms with Crippen molar-refractivity contribution in [3.63, 3.8) is 0 Å². The molecule has 4 heteroatoms. The van der Waals surface area contributed by atoms with E-state index in [1.54, 1.807) is 0 Å². The number of rotatable bonds is 2. The summed E-state index contributed by atoms with van der Waals surface area (Å²) in [7, 11) is 0. The molecule has 86 valence electrons. The van der Waals surface area contributed by atoms with Gasteiger partial charge in [0, 0.05) is 31.0 Å². The fourth-order valence-corrected chi connectivity index (χ4v) is 2.52. The highest BCUT2D eigenvalue weighted by molar-refractivity contribution is 6.18. The van der Waals surface area contributed by atoms with Gasteiger partial charge in [0.1, 0.15) is 6.10 Å². The van der Waals surface area contributed by atoms with Crippen LogP contribution in [0, 0.1) is 5.41 Å². The normalized spacial score (nSPS) is 36.1. The number of carbonyl (C=O) groups excluding carboxylic acids is 1. The molecular formula is C11H18ClNO2. The molecule has 0 aromatic carbocycles. The largest absolute Gasteiger partial charge is 0.368 e. The summed E-state index contributed by atoms with van der Waals surface area (Å²) in [4.78, 5) is 13.9. The Bertz CT molecular complexity index is 253. The van der Waals surface area contributed by atoms with Crippen molar-refractivity contribution in [1.82, 2.24) is 4.90 Å². The van der Waals surface area contributed by atoms with Gasteiger partial charge in [0.25, 0.3) is 5.91 Å². The van der Waals surface area contributed by atoms with Gasteiger partial charge in [-0.05, 0) is 19.3 Å². The molecule has 2 heterocycles. The molecule has 0 aromatic heterocycles. The summed E-state index contributed by atoms with van der Waals surface area (Å²) < 4.78 is 5.40. The molecule has 0 bridgehead atoms. The summed E-state index contributed by atoms with van der Waals surface area (Å²) in [6.45, 7) is 4.50. The van der Waals surface area contributed by atoms with Crippen molar-refractivity contribution < 1.29 is 9.53 Å². The molecule has 0 aromatic rings. The minimum Gasteiger partial charge on any atom is -0.368 e. The Morgan fingerprint density at radius 1 is 1.67 bits per heavy atom. The summed E-state index contributed by atoms with van der Waals surface area (Å²) in [5.74, 6) is 0.795. The van der Waals surface area contributed by atoms with Crippen molar-refractivity contribution in [3.05, 3.63) is 0 Å². The molecule has 2 aliphatic rings. The minimum absolute atomic E-state index is 0.107. The van der Waals surface area contributed by atoms with Crippen LogP contribution in [-0.2, 0) is 9.53 Å². The first-order chi connectivity index (χ1) is 7.14. The Labute approximate surface area is 95.7 Å². The van der Waals surface area contributed by atoms with Crippen LogP contribution in [0.25, 0.3) is 0 Å². The van der Waals surface area contributed by atoms with E-state index < -0.39 is 0 Å². The number of alkyl halides is 1. The van der Waals surface area contributed by atoms with E-state index >= 15 is 0 Å². The maximum Gasteiger partial charge on any atom is 0.251 e. The number of halogens is 1. The Hall–Kier alpha value is -0.280. The predicted molar refractivity (Wildman–Crippen MR) is 59.0 cm³/mol. The van der Waals surface area contributed by atoms with Gasteiger partial charge in [0.15, 0.2) is 0 Å². The van der Waals surface area contributed by atoms with E-state index in [9.17, 15) is 4.79 Å². The van der Waals surface area contributed by atoms with Crippen LogP contribution in [0.5, 0.6) is 0 Å². The summed E-state index contributed by atoms with van der Waals surface area (Å²) in [6, 6.07) is 0. The van der Waals surface area contributed by atoms with Gasteiger partial charge in [-0.15, -0.1) is 11.6 Å². The van der Waals surface area contributed by atoms with E-state index in [2.05, 4.69) is 6.92 Å². The Kier molecular flexibility index (Phi) is 3.21. The van der Waals surface area contributed by atoms with Gasteiger partial charge in [-0.1, -0.05) is 6.92 Å². The van der Waals surface area contributed by atoms with Crippen molar-refractivity contribution >= 4 is 17.5 Å². The van der Waals surface area contributed by atoms with Crippen molar-refractivity contribution in [2.24, 2.45) is 5.41 Å². The minimum atomic E-state index is -0.178. The van der Waals surface area contributed by atoms with E-state index in [0.29, 0.717) is 5.88 Å². The van der Waals surface area contributed by atoms with Crippen LogP contribution >= 0.6 is 11.6 Å². The van der Waals surface area contributed by atoms with Gasteiger partial charge >= 0.3 is 0 Å². The average Bonchev–Trinajstić information content (AvgIpc) is 2.86. The lowest BCUT2D eigenvalue weighted by atomic mass is 9.93. The number of amides is 1. The van der Waals surface area contributed by atoms with Crippen LogP contribution in [0.3, 0.4) is 0 Å². The highest BCUT2D eigenvalue weighted by atomic mass is 35.5. The van der Waals surface area contributed by atoms with E-state index in [1.807, 2.05) is 4.90 Å². The maximum absolute atomic E-state index is 12.0. The topological polar surface area (TPSA) is 29.5 Å². The SMILES string of the molecule is CC1(CCl)CCN(C(=O)C2CCCO2)C1. The summed E-state index contributed by atoms with van der Waals surface area (Å²) in [5, 5.41) is 0. The smallest absolute Gasteiger partial charge is 0.251 e. The summed E-state index contributed by atoms with van der Waals surface area (Å²) in [5.41, 5.74) is 0.107. The number of hydrogen-bond acceptors (Lipinski definition) is 2. The lowest BCUT2D eigenvalue weighted by Gasteiger charge is -2.23. The Balaban J connectivity index is 1.92. The zero-order valence-corrected chi connectivity index (χ0v) is 9.92.